The number of ketones is 1. The molecule has 0 spiro atoms. The molecule has 0 amide bonds. The van der Waals surface area contributed by atoms with E-state index in [1.165, 1.54) is 0 Å². The lowest BCUT2D eigenvalue weighted by Gasteiger charge is -2.08. The zero-order valence-corrected chi connectivity index (χ0v) is 11.3. The molecular weight excluding hydrogens is 196 g/mol. The Morgan fingerprint density at radius 2 is 1.88 bits per heavy atom. The molecule has 0 aliphatic heterocycles. The van der Waals surface area contributed by atoms with Gasteiger partial charge in [-0.25, -0.2) is 0 Å². The molecule has 0 rings (SSSR count). The van der Waals surface area contributed by atoms with Crippen molar-refractivity contribution in [3.63, 3.8) is 0 Å². The Morgan fingerprint density at radius 1 is 1.19 bits per heavy atom. The molecule has 1 atom stereocenters. The Hall–Kier alpha value is -0.770. The largest absolute Gasteiger partial charge is 0.285 e. The first-order valence-electron chi connectivity index (χ1n) is 6.64. The van der Waals surface area contributed by atoms with Crippen LogP contribution in [0.25, 0.3) is 0 Å². The minimum Gasteiger partial charge on any atom is -0.285 e. The monoisotopic (exact) mass is 222 g/mol. The lowest BCUT2D eigenvalue weighted by molar-refractivity contribution is -0.117. The molecule has 0 heterocycles. The predicted molar refractivity (Wildman–Crippen MR) is 70.2 cm³/mol. The third-order valence-electron chi connectivity index (χ3n) is 2.83. The number of Topliss-reactive ketones (excluding diaryl/α,β-unsaturated/α-hetero) is 1. The first-order valence-corrected chi connectivity index (χ1v) is 6.64. The van der Waals surface area contributed by atoms with Crippen molar-refractivity contribution in [1.82, 2.24) is 0 Å². The van der Waals surface area contributed by atoms with Gasteiger partial charge in [0.25, 0.3) is 0 Å². The van der Waals surface area contributed by atoms with Crippen molar-refractivity contribution >= 4 is 5.78 Å². The summed E-state index contributed by atoms with van der Waals surface area (Å²) in [7, 11) is 0. The van der Waals surface area contributed by atoms with Crippen molar-refractivity contribution in [3.8, 4) is 11.8 Å². The maximum atomic E-state index is 11.8. The van der Waals surface area contributed by atoms with Crippen LogP contribution in [0.1, 0.15) is 66.2 Å². The minimum absolute atomic E-state index is 0.153. The first-order chi connectivity index (χ1) is 7.61. The number of unbranched alkanes of at least 4 members (excludes halogenated alkanes) is 1. The molecule has 0 aliphatic carbocycles. The van der Waals surface area contributed by atoms with Gasteiger partial charge in [-0.15, -0.1) is 0 Å². The summed E-state index contributed by atoms with van der Waals surface area (Å²) in [5.41, 5.74) is 0. The average Bonchev–Trinajstić information content (AvgIpc) is 2.25. The zero-order chi connectivity index (χ0) is 12.4. The molecule has 0 aromatic carbocycles. The van der Waals surface area contributed by atoms with Gasteiger partial charge >= 0.3 is 0 Å². The summed E-state index contributed by atoms with van der Waals surface area (Å²) >= 11 is 0. The molecule has 0 aliphatic rings. The molecule has 1 heteroatoms. The van der Waals surface area contributed by atoms with Gasteiger partial charge in [0.15, 0.2) is 0 Å². The number of carbonyl (C=O) groups is 1. The number of hydrogen-bond acceptors (Lipinski definition) is 1. The summed E-state index contributed by atoms with van der Waals surface area (Å²) < 4.78 is 0. The van der Waals surface area contributed by atoms with Crippen LogP contribution in [0, 0.1) is 23.7 Å². The fourth-order valence-corrected chi connectivity index (χ4v) is 1.58. The molecule has 16 heavy (non-hydrogen) atoms. The highest BCUT2D eigenvalue weighted by Crippen LogP contribution is 2.13. The summed E-state index contributed by atoms with van der Waals surface area (Å²) in [5.74, 6) is 6.82. The van der Waals surface area contributed by atoms with Crippen molar-refractivity contribution in [1.29, 1.82) is 0 Å². The van der Waals surface area contributed by atoms with E-state index in [1.54, 1.807) is 0 Å². The number of rotatable bonds is 7. The van der Waals surface area contributed by atoms with E-state index in [0.717, 1.165) is 38.5 Å². The van der Waals surface area contributed by atoms with Gasteiger partial charge < -0.3 is 0 Å². The second kappa shape index (κ2) is 9.46. The molecule has 0 radical (unpaired) electrons. The van der Waals surface area contributed by atoms with Gasteiger partial charge in [-0.2, -0.15) is 0 Å². The maximum absolute atomic E-state index is 11.8. The summed E-state index contributed by atoms with van der Waals surface area (Å²) in [5, 5.41) is 0. The fourth-order valence-electron chi connectivity index (χ4n) is 1.58. The smallest absolute Gasteiger partial charge is 0.208 e. The van der Waals surface area contributed by atoms with Gasteiger partial charge in [-0.05, 0) is 31.1 Å². The molecule has 0 aromatic heterocycles. The first kappa shape index (κ1) is 15.2. The third-order valence-corrected chi connectivity index (χ3v) is 2.83. The Morgan fingerprint density at radius 3 is 2.38 bits per heavy atom. The van der Waals surface area contributed by atoms with E-state index in [9.17, 15) is 4.79 Å². The number of hydrogen-bond donors (Lipinski definition) is 0. The molecule has 92 valence electrons. The van der Waals surface area contributed by atoms with Gasteiger partial charge in [0.1, 0.15) is 0 Å². The second-order valence-electron chi connectivity index (χ2n) is 4.85. The van der Waals surface area contributed by atoms with Crippen LogP contribution in [0.3, 0.4) is 0 Å². The van der Waals surface area contributed by atoms with Crippen molar-refractivity contribution in [2.45, 2.75) is 66.2 Å². The molecule has 1 nitrogen and oxygen atoms in total. The van der Waals surface area contributed by atoms with Crippen LogP contribution >= 0.6 is 0 Å². The van der Waals surface area contributed by atoms with E-state index in [4.69, 9.17) is 0 Å². The van der Waals surface area contributed by atoms with Gasteiger partial charge in [0.05, 0.1) is 0 Å². The Bertz CT molecular complexity index is 242. The van der Waals surface area contributed by atoms with Crippen molar-refractivity contribution in [2.24, 2.45) is 11.8 Å². The van der Waals surface area contributed by atoms with E-state index >= 15 is 0 Å². The fraction of sp³-hybridized carbons (Fsp3) is 0.800. The Balaban J connectivity index is 3.99. The van der Waals surface area contributed by atoms with Crippen LogP contribution in [-0.4, -0.2) is 5.78 Å². The van der Waals surface area contributed by atoms with Crippen molar-refractivity contribution < 1.29 is 4.79 Å². The molecule has 0 N–H and O–H groups in total. The summed E-state index contributed by atoms with van der Waals surface area (Å²) in [4.78, 5) is 11.8. The molecular formula is C15H26O. The van der Waals surface area contributed by atoms with E-state index in [2.05, 4.69) is 39.5 Å². The number of carbonyl (C=O) groups excluding carboxylic acids is 1. The van der Waals surface area contributed by atoms with E-state index in [-0.39, 0.29) is 11.7 Å². The van der Waals surface area contributed by atoms with E-state index < -0.39 is 0 Å². The van der Waals surface area contributed by atoms with Crippen LogP contribution in [0.4, 0.5) is 0 Å². The topological polar surface area (TPSA) is 17.1 Å². The third kappa shape index (κ3) is 7.51. The summed E-state index contributed by atoms with van der Waals surface area (Å²) in [6, 6.07) is 0. The molecule has 0 bridgehead atoms. The summed E-state index contributed by atoms with van der Waals surface area (Å²) in [6.45, 7) is 8.60. The SMILES string of the molecule is CCCCC(CC)C(=O)C#CCCC(C)C. The normalized spacial score (nSPS) is 12.1. The average molecular weight is 222 g/mol. The Labute approximate surface area is 101 Å². The van der Waals surface area contributed by atoms with Gasteiger partial charge in [-0.1, -0.05) is 46.5 Å². The second-order valence-corrected chi connectivity index (χ2v) is 4.85. The lowest BCUT2D eigenvalue weighted by Crippen LogP contribution is -2.11. The highest BCUT2D eigenvalue weighted by atomic mass is 16.1. The summed E-state index contributed by atoms with van der Waals surface area (Å²) in [6.07, 6.45) is 6.17. The van der Waals surface area contributed by atoms with Crippen LogP contribution in [0.2, 0.25) is 0 Å². The highest BCUT2D eigenvalue weighted by Gasteiger charge is 2.12. The lowest BCUT2D eigenvalue weighted by atomic mass is 9.95. The Kier molecular flexibility index (Phi) is 9.00. The predicted octanol–water partition coefficient (Wildman–Crippen LogP) is 4.21. The standard InChI is InChI=1S/C15H26O/c1-5-7-11-14(6-2)15(16)12-9-8-10-13(3)4/h13-14H,5-8,10-11H2,1-4H3. The molecule has 0 saturated carbocycles. The van der Waals surface area contributed by atoms with Crippen LogP contribution in [-0.2, 0) is 4.79 Å². The van der Waals surface area contributed by atoms with Gasteiger partial charge in [0.2, 0.25) is 5.78 Å². The van der Waals surface area contributed by atoms with E-state index in [1.807, 2.05) is 0 Å². The molecule has 0 saturated heterocycles. The molecule has 0 aromatic rings. The van der Waals surface area contributed by atoms with Crippen molar-refractivity contribution in [2.75, 3.05) is 0 Å². The molecule has 1 unspecified atom stereocenters. The van der Waals surface area contributed by atoms with Crippen LogP contribution in [0.5, 0.6) is 0 Å². The van der Waals surface area contributed by atoms with Crippen molar-refractivity contribution in [3.05, 3.63) is 0 Å². The zero-order valence-electron chi connectivity index (χ0n) is 11.3. The molecule has 0 fully saturated rings. The van der Waals surface area contributed by atoms with Gasteiger partial charge in [-0.3, -0.25) is 4.79 Å². The minimum atomic E-state index is 0.153. The highest BCUT2D eigenvalue weighted by molar-refractivity contribution is 5.97. The maximum Gasteiger partial charge on any atom is 0.208 e. The van der Waals surface area contributed by atoms with Gasteiger partial charge in [0, 0.05) is 12.3 Å². The van der Waals surface area contributed by atoms with E-state index in [0.29, 0.717) is 5.92 Å². The van der Waals surface area contributed by atoms with Crippen LogP contribution in [0.15, 0.2) is 0 Å². The van der Waals surface area contributed by atoms with Crippen LogP contribution < -0.4 is 0 Å². The quantitative estimate of drug-likeness (QED) is 0.466.